The predicted molar refractivity (Wildman–Crippen MR) is 67.9 cm³/mol. The Balaban J connectivity index is 1.95. The molecule has 0 unspecified atom stereocenters. The van der Waals surface area contributed by atoms with E-state index < -0.39 is 5.91 Å². The normalized spacial score (nSPS) is 10.4. The van der Waals surface area contributed by atoms with Crippen molar-refractivity contribution in [2.45, 2.75) is 26.3 Å². The van der Waals surface area contributed by atoms with Gasteiger partial charge >= 0.3 is 0 Å². The summed E-state index contributed by atoms with van der Waals surface area (Å²) in [5, 5.41) is 9.12. The maximum absolute atomic E-state index is 13.4. The highest BCUT2D eigenvalue weighted by Crippen LogP contribution is 2.05. The SMILES string of the molecule is CCCc1nc(C(=O)NCc2ccccc2F)n[nH]1. The highest BCUT2D eigenvalue weighted by molar-refractivity contribution is 5.90. The van der Waals surface area contributed by atoms with Crippen molar-refractivity contribution in [2.75, 3.05) is 0 Å². The number of aromatic amines is 1. The van der Waals surface area contributed by atoms with E-state index in [0.717, 1.165) is 12.8 Å². The molecule has 1 aromatic carbocycles. The molecule has 0 atom stereocenters. The summed E-state index contributed by atoms with van der Waals surface area (Å²) in [6, 6.07) is 6.30. The number of aryl methyl sites for hydroxylation is 1. The van der Waals surface area contributed by atoms with Gasteiger partial charge in [-0.05, 0) is 12.5 Å². The van der Waals surface area contributed by atoms with Gasteiger partial charge in [-0.15, -0.1) is 5.10 Å². The average molecular weight is 262 g/mol. The van der Waals surface area contributed by atoms with Gasteiger partial charge in [0, 0.05) is 18.5 Å². The first-order valence-corrected chi connectivity index (χ1v) is 6.13. The molecule has 0 fully saturated rings. The van der Waals surface area contributed by atoms with E-state index >= 15 is 0 Å². The van der Waals surface area contributed by atoms with Crippen LogP contribution in [0.2, 0.25) is 0 Å². The van der Waals surface area contributed by atoms with Crippen LogP contribution in [0.25, 0.3) is 0 Å². The number of H-pyrrole nitrogens is 1. The summed E-state index contributed by atoms with van der Waals surface area (Å²) < 4.78 is 13.4. The summed E-state index contributed by atoms with van der Waals surface area (Å²) >= 11 is 0. The van der Waals surface area contributed by atoms with Gasteiger partial charge in [0.2, 0.25) is 5.82 Å². The number of halogens is 1. The second-order valence-corrected chi connectivity index (χ2v) is 4.13. The fourth-order valence-corrected chi connectivity index (χ4v) is 1.64. The molecule has 6 heteroatoms. The molecular formula is C13H15FN4O. The Morgan fingerprint density at radius 3 is 2.95 bits per heavy atom. The van der Waals surface area contributed by atoms with Crippen LogP contribution in [0.5, 0.6) is 0 Å². The molecule has 2 aromatic rings. The summed E-state index contributed by atoms with van der Waals surface area (Å²) in [7, 11) is 0. The maximum Gasteiger partial charge on any atom is 0.291 e. The number of nitrogens with one attached hydrogen (secondary N) is 2. The monoisotopic (exact) mass is 262 g/mol. The molecule has 0 saturated heterocycles. The summed E-state index contributed by atoms with van der Waals surface area (Å²) in [5.41, 5.74) is 0.431. The molecule has 1 aromatic heterocycles. The van der Waals surface area contributed by atoms with Crippen LogP contribution in [0.3, 0.4) is 0 Å². The Kier molecular flexibility index (Phi) is 4.22. The van der Waals surface area contributed by atoms with E-state index in [0.29, 0.717) is 11.4 Å². The zero-order valence-electron chi connectivity index (χ0n) is 10.6. The van der Waals surface area contributed by atoms with E-state index in [1.165, 1.54) is 6.07 Å². The van der Waals surface area contributed by atoms with Gasteiger partial charge in [-0.2, -0.15) is 0 Å². The lowest BCUT2D eigenvalue weighted by molar-refractivity contribution is 0.0940. The van der Waals surface area contributed by atoms with Crippen LogP contribution in [0, 0.1) is 5.82 Å². The Morgan fingerprint density at radius 1 is 1.42 bits per heavy atom. The molecule has 19 heavy (non-hydrogen) atoms. The van der Waals surface area contributed by atoms with Crippen molar-refractivity contribution >= 4 is 5.91 Å². The molecule has 0 aliphatic rings. The number of hydrogen-bond donors (Lipinski definition) is 2. The molecule has 0 aliphatic heterocycles. The molecule has 0 radical (unpaired) electrons. The predicted octanol–water partition coefficient (Wildman–Crippen LogP) is 1.83. The Morgan fingerprint density at radius 2 is 2.21 bits per heavy atom. The van der Waals surface area contributed by atoms with Crippen LogP contribution in [-0.2, 0) is 13.0 Å². The van der Waals surface area contributed by atoms with E-state index in [4.69, 9.17) is 0 Å². The van der Waals surface area contributed by atoms with Crippen molar-refractivity contribution in [1.82, 2.24) is 20.5 Å². The van der Waals surface area contributed by atoms with Gasteiger partial charge in [0.05, 0.1) is 0 Å². The van der Waals surface area contributed by atoms with Gasteiger partial charge in [0.25, 0.3) is 5.91 Å². The number of benzene rings is 1. The number of aromatic nitrogens is 3. The Bertz CT molecular complexity index is 567. The number of rotatable bonds is 5. The molecule has 0 bridgehead atoms. The third-order valence-corrected chi connectivity index (χ3v) is 2.62. The molecule has 100 valence electrons. The minimum absolute atomic E-state index is 0.0831. The van der Waals surface area contributed by atoms with Gasteiger partial charge in [0.15, 0.2) is 0 Å². The number of hydrogen-bond acceptors (Lipinski definition) is 3. The highest BCUT2D eigenvalue weighted by Gasteiger charge is 2.12. The quantitative estimate of drug-likeness (QED) is 0.863. The molecule has 0 spiro atoms. The molecule has 0 aliphatic carbocycles. The van der Waals surface area contributed by atoms with Crippen LogP contribution < -0.4 is 5.32 Å². The summed E-state index contributed by atoms with van der Waals surface area (Å²) in [4.78, 5) is 15.8. The van der Waals surface area contributed by atoms with Crippen molar-refractivity contribution in [3.05, 3.63) is 47.3 Å². The van der Waals surface area contributed by atoms with Crippen molar-refractivity contribution < 1.29 is 9.18 Å². The number of carbonyl (C=O) groups excluding carboxylic acids is 1. The smallest absolute Gasteiger partial charge is 0.291 e. The number of carbonyl (C=O) groups is 1. The Hall–Kier alpha value is -2.24. The van der Waals surface area contributed by atoms with Gasteiger partial charge in [-0.3, -0.25) is 9.89 Å². The van der Waals surface area contributed by atoms with Gasteiger partial charge in [-0.25, -0.2) is 9.37 Å². The first-order valence-electron chi connectivity index (χ1n) is 6.13. The highest BCUT2D eigenvalue weighted by atomic mass is 19.1. The zero-order chi connectivity index (χ0) is 13.7. The van der Waals surface area contributed by atoms with Crippen molar-refractivity contribution in [3.8, 4) is 0 Å². The lowest BCUT2D eigenvalue weighted by atomic mass is 10.2. The Labute approximate surface area is 110 Å². The maximum atomic E-state index is 13.4. The largest absolute Gasteiger partial charge is 0.345 e. The van der Waals surface area contributed by atoms with Crippen LogP contribution in [0.1, 0.15) is 35.4 Å². The van der Waals surface area contributed by atoms with Crippen molar-refractivity contribution in [1.29, 1.82) is 0 Å². The second kappa shape index (κ2) is 6.08. The standard InChI is InChI=1S/C13H15FN4O/c1-2-5-11-16-12(18-17-11)13(19)15-8-9-6-3-4-7-10(9)14/h3-4,6-7H,2,5,8H2,1H3,(H,15,19)(H,16,17,18). The number of amides is 1. The zero-order valence-corrected chi connectivity index (χ0v) is 10.6. The summed E-state index contributed by atoms with van der Waals surface area (Å²) in [6.07, 6.45) is 1.67. The van der Waals surface area contributed by atoms with Gasteiger partial charge in [0.1, 0.15) is 11.6 Å². The average Bonchev–Trinajstić information content (AvgIpc) is 2.87. The molecule has 2 N–H and O–H groups in total. The molecule has 2 rings (SSSR count). The fourth-order valence-electron chi connectivity index (χ4n) is 1.64. The third-order valence-electron chi connectivity index (χ3n) is 2.62. The molecule has 0 saturated carbocycles. The molecular weight excluding hydrogens is 247 g/mol. The van der Waals surface area contributed by atoms with E-state index in [1.54, 1.807) is 18.2 Å². The lowest BCUT2D eigenvalue weighted by Crippen LogP contribution is -2.24. The van der Waals surface area contributed by atoms with Crippen LogP contribution in [0.15, 0.2) is 24.3 Å². The minimum Gasteiger partial charge on any atom is -0.345 e. The number of nitrogens with zero attached hydrogens (tertiary/aromatic N) is 2. The van der Waals surface area contributed by atoms with Gasteiger partial charge < -0.3 is 5.32 Å². The van der Waals surface area contributed by atoms with E-state index in [2.05, 4.69) is 20.5 Å². The summed E-state index contributed by atoms with van der Waals surface area (Å²) in [5.74, 6) is 0.00430. The summed E-state index contributed by atoms with van der Waals surface area (Å²) in [6.45, 7) is 2.13. The van der Waals surface area contributed by atoms with Gasteiger partial charge in [-0.1, -0.05) is 25.1 Å². The molecule has 1 amide bonds. The minimum atomic E-state index is -0.415. The van der Waals surface area contributed by atoms with Crippen LogP contribution >= 0.6 is 0 Å². The first-order chi connectivity index (χ1) is 9.20. The van der Waals surface area contributed by atoms with Crippen LogP contribution in [0.4, 0.5) is 4.39 Å². The second-order valence-electron chi connectivity index (χ2n) is 4.13. The lowest BCUT2D eigenvalue weighted by Gasteiger charge is -2.03. The topological polar surface area (TPSA) is 70.7 Å². The van der Waals surface area contributed by atoms with Crippen LogP contribution in [-0.4, -0.2) is 21.1 Å². The van der Waals surface area contributed by atoms with E-state index in [9.17, 15) is 9.18 Å². The third kappa shape index (κ3) is 3.37. The van der Waals surface area contributed by atoms with E-state index in [-0.39, 0.29) is 18.2 Å². The van der Waals surface area contributed by atoms with Crippen molar-refractivity contribution in [2.24, 2.45) is 0 Å². The molecule has 5 nitrogen and oxygen atoms in total. The van der Waals surface area contributed by atoms with E-state index in [1.807, 2.05) is 6.92 Å². The fraction of sp³-hybridized carbons (Fsp3) is 0.308. The van der Waals surface area contributed by atoms with Crippen molar-refractivity contribution in [3.63, 3.8) is 0 Å². The first kappa shape index (κ1) is 13.2. The molecule has 1 heterocycles.